The largest absolute Gasteiger partial charge is 0.465 e. The minimum atomic E-state index is -0.660. The van der Waals surface area contributed by atoms with Crippen molar-refractivity contribution >= 4 is 11.7 Å². The molecule has 0 radical (unpaired) electrons. The lowest BCUT2D eigenvalue weighted by molar-refractivity contribution is 0.0595. The second-order valence-corrected chi connectivity index (χ2v) is 4.86. The van der Waals surface area contributed by atoms with E-state index in [2.05, 4.69) is 30.8 Å². The Labute approximate surface area is 107 Å². The van der Waals surface area contributed by atoms with E-state index >= 15 is 0 Å². The highest BCUT2D eigenvalue weighted by atomic mass is 19.1. The summed E-state index contributed by atoms with van der Waals surface area (Å²) in [6.07, 6.45) is 1.00. The molecule has 0 bridgehead atoms. The molecule has 1 aromatic rings. The van der Waals surface area contributed by atoms with Crippen LogP contribution in [0.25, 0.3) is 0 Å². The lowest BCUT2D eigenvalue weighted by atomic mass is 10.0. The number of carbonyl (C=O) groups is 1. The van der Waals surface area contributed by atoms with Crippen LogP contribution in [0.3, 0.4) is 0 Å². The van der Waals surface area contributed by atoms with Crippen molar-refractivity contribution < 1.29 is 13.9 Å². The van der Waals surface area contributed by atoms with Crippen LogP contribution in [0, 0.1) is 11.7 Å². The molecule has 1 aromatic carbocycles. The fourth-order valence-corrected chi connectivity index (χ4v) is 1.93. The Kier molecular flexibility index (Phi) is 5.13. The maximum absolute atomic E-state index is 13.4. The minimum Gasteiger partial charge on any atom is -0.465 e. The standard InChI is InChI=1S/C14H20FNO2/c1-9(2)7-10(3)16-11-5-6-13(15)12(8-11)14(17)18-4/h5-6,8-10,16H,7H2,1-4H3. The monoisotopic (exact) mass is 253 g/mol. The van der Waals surface area contributed by atoms with Crippen molar-refractivity contribution in [3.8, 4) is 0 Å². The fourth-order valence-electron chi connectivity index (χ4n) is 1.93. The summed E-state index contributed by atoms with van der Waals surface area (Å²) in [5.41, 5.74) is 0.684. The van der Waals surface area contributed by atoms with E-state index in [-0.39, 0.29) is 11.6 Å². The first-order valence-electron chi connectivity index (χ1n) is 6.08. The molecule has 1 rings (SSSR count). The molecule has 0 aliphatic carbocycles. The topological polar surface area (TPSA) is 38.3 Å². The first kappa shape index (κ1) is 14.5. The average Bonchev–Trinajstić information content (AvgIpc) is 2.29. The summed E-state index contributed by atoms with van der Waals surface area (Å²) in [6.45, 7) is 6.34. The van der Waals surface area contributed by atoms with Crippen molar-refractivity contribution in [2.45, 2.75) is 33.2 Å². The van der Waals surface area contributed by atoms with Gasteiger partial charge in [0.25, 0.3) is 0 Å². The van der Waals surface area contributed by atoms with Gasteiger partial charge in [0.2, 0.25) is 0 Å². The van der Waals surface area contributed by atoms with Crippen LogP contribution in [0.5, 0.6) is 0 Å². The van der Waals surface area contributed by atoms with Gasteiger partial charge in [-0.05, 0) is 37.5 Å². The van der Waals surface area contributed by atoms with Gasteiger partial charge in [0.1, 0.15) is 5.82 Å². The number of hydrogen-bond donors (Lipinski definition) is 1. The number of ether oxygens (including phenoxy) is 1. The Morgan fingerprint density at radius 3 is 2.61 bits per heavy atom. The van der Waals surface area contributed by atoms with Crippen molar-refractivity contribution in [2.75, 3.05) is 12.4 Å². The zero-order chi connectivity index (χ0) is 13.7. The van der Waals surface area contributed by atoms with Crippen LogP contribution in [0.2, 0.25) is 0 Å². The van der Waals surface area contributed by atoms with Crippen LogP contribution in [0.1, 0.15) is 37.6 Å². The van der Waals surface area contributed by atoms with Gasteiger partial charge in [-0.3, -0.25) is 0 Å². The van der Waals surface area contributed by atoms with Crippen LogP contribution in [-0.2, 0) is 4.74 Å². The van der Waals surface area contributed by atoms with Crippen molar-refractivity contribution in [3.05, 3.63) is 29.6 Å². The highest BCUT2D eigenvalue weighted by molar-refractivity contribution is 5.90. The Morgan fingerprint density at radius 1 is 1.39 bits per heavy atom. The molecule has 1 atom stereocenters. The van der Waals surface area contributed by atoms with Gasteiger partial charge in [0.15, 0.2) is 0 Å². The predicted molar refractivity (Wildman–Crippen MR) is 70.3 cm³/mol. The van der Waals surface area contributed by atoms with E-state index in [0.29, 0.717) is 5.92 Å². The number of anilines is 1. The van der Waals surface area contributed by atoms with E-state index in [1.807, 2.05) is 0 Å². The maximum atomic E-state index is 13.4. The third-order valence-corrected chi connectivity index (χ3v) is 2.61. The lowest BCUT2D eigenvalue weighted by Crippen LogP contribution is -2.18. The molecule has 100 valence electrons. The summed E-state index contributed by atoms with van der Waals surface area (Å²) in [5, 5.41) is 3.25. The summed E-state index contributed by atoms with van der Waals surface area (Å²) in [5.74, 6) is -0.649. The Hall–Kier alpha value is -1.58. The summed E-state index contributed by atoms with van der Waals surface area (Å²) in [6, 6.07) is 4.65. The van der Waals surface area contributed by atoms with Crippen molar-refractivity contribution in [2.24, 2.45) is 5.92 Å². The van der Waals surface area contributed by atoms with Gasteiger partial charge in [-0.2, -0.15) is 0 Å². The highest BCUT2D eigenvalue weighted by Gasteiger charge is 2.13. The molecule has 3 nitrogen and oxygen atoms in total. The number of rotatable bonds is 5. The molecule has 0 heterocycles. The molecule has 0 aliphatic rings. The van der Waals surface area contributed by atoms with Gasteiger partial charge in [0.05, 0.1) is 12.7 Å². The van der Waals surface area contributed by atoms with Gasteiger partial charge in [0, 0.05) is 11.7 Å². The average molecular weight is 253 g/mol. The molecular formula is C14H20FNO2. The fraction of sp³-hybridized carbons (Fsp3) is 0.500. The second kappa shape index (κ2) is 6.38. The van der Waals surface area contributed by atoms with E-state index < -0.39 is 11.8 Å². The molecule has 0 aromatic heterocycles. The Morgan fingerprint density at radius 2 is 2.06 bits per heavy atom. The number of hydrogen-bond acceptors (Lipinski definition) is 3. The van der Waals surface area contributed by atoms with Crippen LogP contribution in [0.15, 0.2) is 18.2 Å². The number of methoxy groups -OCH3 is 1. The number of benzene rings is 1. The van der Waals surface area contributed by atoms with Crippen LogP contribution >= 0.6 is 0 Å². The van der Waals surface area contributed by atoms with E-state index in [4.69, 9.17) is 0 Å². The first-order valence-corrected chi connectivity index (χ1v) is 6.08. The van der Waals surface area contributed by atoms with Crippen molar-refractivity contribution in [1.29, 1.82) is 0 Å². The summed E-state index contributed by atoms with van der Waals surface area (Å²) < 4.78 is 18.0. The van der Waals surface area contributed by atoms with E-state index in [1.165, 1.54) is 19.2 Å². The molecule has 0 saturated carbocycles. The van der Waals surface area contributed by atoms with Crippen LogP contribution in [-0.4, -0.2) is 19.1 Å². The van der Waals surface area contributed by atoms with E-state index in [1.54, 1.807) is 6.07 Å². The van der Waals surface area contributed by atoms with Gasteiger partial charge in [-0.25, -0.2) is 9.18 Å². The molecule has 18 heavy (non-hydrogen) atoms. The molecule has 0 fully saturated rings. The molecule has 1 unspecified atom stereocenters. The molecule has 1 N–H and O–H groups in total. The molecule has 0 aliphatic heterocycles. The molecule has 0 spiro atoms. The first-order chi connectivity index (χ1) is 8.43. The molecule has 4 heteroatoms. The van der Waals surface area contributed by atoms with Crippen LogP contribution in [0.4, 0.5) is 10.1 Å². The quantitative estimate of drug-likeness (QED) is 0.817. The lowest BCUT2D eigenvalue weighted by Gasteiger charge is -2.17. The SMILES string of the molecule is COC(=O)c1cc(NC(C)CC(C)C)ccc1F. The number of carbonyl (C=O) groups excluding carboxylic acids is 1. The Balaban J connectivity index is 2.82. The summed E-state index contributed by atoms with van der Waals surface area (Å²) in [4.78, 5) is 11.4. The smallest absolute Gasteiger partial charge is 0.340 e. The number of halogens is 1. The number of nitrogens with one attached hydrogen (secondary N) is 1. The van der Waals surface area contributed by atoms with Gasteiger partial charge >= 0.3 is 5.97 Å². The Bertz CT molecular complexity index is 418. The van der Waals surface area contributed by atoms with Crippen molar-refractivity contribution in [1.82, 2.24) is 0 Å². The van der Waals surface area contributed by atoms with Crippen LogP contribution < -0.4 is 5.32 Å². The highest BCUT2D eigenvalue weighted by Crippen LogP contribution is 2.18. The van der Waals surface area contributed by atoms with Gasteiger partial charge in [-0.1, -0.05) is 13.8 Å². The number of esters is 1. The third-order valence-electron chi connectivity index (χ3n) is 2.61. The third kappa shape index (κ3) is 4.02. The van der Waals surface area contributed by atoms with E-state index in [0.717, 1.165) is 12.1 Å². The zero-order valence-electron chi connectivity index (χ0n) is 11.3. The molecule has 0 saturated heterocycles. The second-order valence-electron chi connectivity index (χ2n) is 4.86. The summed E-state index contributed by atoms with van der Waals surface area (Å²) >= 11 is 0. The van der Waals surface area contributed by atoms with Gasteiger partial charge in [-0.15, -0.1) is 0 Å². The zero-order valence-corrected chi connectivity index (χ0v) is 11.3. The van der Waals surface area contributed by atoms with E-state index in [9.17, 15) is 9.18 Å². The van der Waals surface area contributed by atoms with Gasteiger partial charge < -0.3 is 10.1 Å². The van der Waals surface area contributed by atoms with Crippen molar-refractivity contribution in [3.63, 3.8) is 0 Å². The minimum absolute atomic E-state index is 0.0424. The molecular weight excluding hydrogens is 233 g/mol. The maximum Gasteiger partial charge on any atom is 0.340 e. The summed E-state index contributed by atoms with van der Waals surface area (Å²) in [7, 11) is 1.24. The molecule has 0 amide bonds. The predicted octanol–water partition coefficient (Wildman–Crippen LogP) is 3.46. The normalized spacial score (nSPS) is 12.3.